The third-order valence-corrected chi connectivity index (χ3v) is 4.43. The molecule has 1 saturated heterocycles. The summed E-state index contributed by atoms with van der Waals surface area (Å²) in [7, 11) is 0. The van der Waals surface area contributed by atoms with Crippen LogP contribution in [0.5, 0.6) is 0 Å². The number of hydrogen-bond donors (Lipinski definition) is 2. The fourth-order valence-electron chi connectivity index (χ4n) is 2.29. The highest BCUT2D eigenvalue weighted by Gasteiger charge is 2.27. The lowest BCUT2D eigenvalue weighted by atomic mass is 10.1. The van der Waals surface area contributed by atoms with Crippen molar-refractivity contribution in [2.24, 2.45) is 0 Å². The first-order valence-electron chi connectivity index (χ1n) is 7.20. The maximum absolute atomic E-state index is 12.4. The molecular formula is C15H23N3O2S. The minimum absolute atomic E-state index is 0.00205. The van der Waals surface area contributed by atoms with Crippen LogP contribution in [0.15, 0.2) is 12.0 Å². The molecule has 1 aliphatic rings. The Hall–Kier alpha value is -1.40. The molecule has 1 amide bonds. The molecule has 0 bridgehead atoms. The smallest absolute Gasteiger partial charge is 0.273 e. The molecule has 1 aromatic rings. The van der Waals surface area contributed by atoms with Gasteiger partial charge in [-0.15, -0.1) is 11.3 Å². The van der Waals surface area contributed by atoms with E-state index in [0.29, 0.717) is 29.0 Å². The van der Waals surface area contributed by atoms with Gasteiger partial charge < -0.3 is 15.3 Å². The van der Waals surface area contributed by atoms with Crippen LogP contribution in [-0.4, -0.2) is 45.6 Å². The molecule has 0 saturated carbocycles. The van der Waals surface area contributed by atoms with Gasteiger partial charge in [-0.1, -0.05) is 6.58 Å². The van der Waals surface area contributed by atoms with Crippen LogP contribution in [0.4, 0.5) is 0 Å². The van der Waals surface area contributed by atoms with Crippen molar-refractivity contribution >= 4 is 22.9 Å². The molecule has 1 atom stereocenters. The van der Waals surface area contributed by atoms with Crippen LogP contribution < -0.4 is 5.32 Å². The standard InChI is InChI=1S/C15H23N3O2S/c1-10-6-5-7-18(10)14(19)12-8-21-13(17-12)11(2)16-9-15(3,4)20/h8,10,16,20H,2,5-7,9H2,1,3-4H3/t10-/m0/s1. The van der Waals surface area contributed by atoms with Crippen LogP contribution in [0.3, 0.4) is 0 Å². The topological polar surface area (TPSA) is 65.5 Å². The molecule has 0 radical (unpaired) electrons. The van der Waals surface area contributed by atoms with Crippen LogP contribution in [0, 0.1) is 0 Å². The molecule has 0 aliphatic carbocycles. The zero-order chi connectivity index (χ0) is 15.6. The normalized spacial score (nSPS) is 18.9. The van der Waals surface area contributed by atoms with E-state index >= 15 is 0 Å². The Kier molecular flexibility index (Phi) is 4.68. The molecule has 2 heterocycles. The SMILES string of the molecule is C=C(NCC(C)(C)O)c1nc(C(=O)N2CCC[C@@H]2C)cs1. The Morgan fingerprint density at radius 3 is 2.95 bits per heavy atom. The van der Waals surface area contributed by atoms with Crippen molar-refractivity contribution in [2.45, 2.75) is 45.3 Å². The number of rotatable bonds is 5. The summed E-state index contributed by atoms with van der Waals surface area (Å²) in [4.78, 5) is 18.6. The fourth-order valence-corrected chi connectivity index (χ4v) is 3.03. The van der Waals surface area contributed by atoms with Gasteiger partial charge in [0.15, 0.2) is 0 Å². The summed E-state index contributed by atoms with van der Waals surface area (Å²) in [5.41, 5.74) is 0.301. The molecule has 1 aromatic heterocycles. The Labute approximate surface area is 129 Å². The van der Waals surface area contributed by atoms with Crippen molar-refractivity contribution in [2.75, 3.05) is 13.1 Å². The van der Waals surface area contributed by atoms with Gasteiger partial charge in [0, 0.05) is 24.5 Å². The van der Waals surface area contributed by atoms with Crippen molar-refractivity contribution in [1.82, 2.24) is 15.2 Å². The third kappa shape index (κ3) is 4.04. The van der Waals surface area contributed by atoms with Crippen LogP contribution in [-0.2, 0) is 0 Å². The van der Waals surface area contributed by atoms with Gasteiger partial charge in [0.05, 0.1) is 11.3 Å². The fraction of sp³-hybridized carbons (Fsp3) is 0.600. The number of aromatic nitrogens is 1. The summed E-state index contributed by atoms with van der Waals surface area (Å²) >= 11 is 1.39. The molecule has 2 N–H and O–H groups in total. The van der Waals surface area contributed by atoms with Gasteiger partial charge in [-0.2, -0.15) is 0 Å². The Bertz CT molecular complexity index is 533. The molecule has 2 rings (SSSR count). The number of nitrogens with one attached hydrogen (secondary N) is 1. The maximum atomic E-state index is 12.4. The number of carbonyl (C=O) groups is 1. The van der Waals surface area contributed by atoms with Gasteiger partial charge in [0.25, 0.3) is 5.91 Å². The van der Waals surface area contributed by atoms with E-state index in [-0.39, 0.29) is 5.91 Å². The van der Waals surface area contributed by atoms with Crippen LogP contribution in [0.1, 0.15) is 49.1 Å². The number of nitrogens with zero attached hydrogens (tertiary/aromatic N) is 2. The monoisotopic (exact) mass is 309 g/mol. The molecule has 0 spiro atoms. The van der Waals surface area contributed by atoms with Crippen molar-refractivity contribution in [1.29, 1.82) is 0 Å². The van der Waals surface area contributed by atoms with E-state index in [0.717, 1.165) is 19.4 Å². The van der Waals surface area contributed by atoms with Gasteiger partial charge in [-0.05, 0) is 33.6 Å². The molecular weight excluding hydrogens is 286 g/mol. The highest BCUT2D eigenvalue weighted by Crippen LogP contribution is 2.22. The van der Waals surface area contributed by atoms with E-state index in [9.17, 15) is 9.90 Å². The first-order chi connectivity index (χ1) is 9.78. The van der Waals surface area contributed by atoms with E-state index in [1.54, 1.807) is 19.2 Å². The molecule has 21 heavy (non-hydrogen) atoms. The number of amides is 1. The Morgan fingerprint density at radius 1 is 1.67 bits per heavy atom. The van der Waals surface area contributed by atoms with E-state index in [1.165, 1.54) is 11.3 Å². The summed E-state index contributed by atoms with van der Waals surface area (Å²) in [5.74, 6) is -0.00205. The Balaban J connectivity index is 2.01. The van der Waals surface area contributed by atoms with Gasteiger partial charge in [-0.25, -0.2) is 4.98 Å². The van der Waals surface area contributed by atoms with Crippen LogP contribution >= 0.6 is 11.3 Å². The highest BCUT2D eigenvalue weighted by atomic mass is 32.1. The lowest BCUT2D eigenvalue weighted by molar-refractivity contribution is 0.0741. The summed E-state index contributed by atoms with van der Waals surface area (Å²) in [5, 5.41) is 15.2. The van der Waals surface area contributed by atoms with E-state index in [4.69, 9.17) is 0 Å². The van der Waals surface area contributed by atoms with Crippen molar-refractivity contribution < 1.29 is 9.90 Å². The highest BCUT2D eigenvalue weighted by molar-refractivity contribution is 7.11. The molecule has 1 aliphatic heterocycles. The minimum Gasteiger partial charge on any atom is -0.389 e. The summed E-state index contributed by atoms with van der Waals surface area (Å²) < 4.78 is 0. The van der Waals surface area contributed by atoms with Crippen molar-refractivity contribution in [3.05, 3.63) is 22.7 Å². The first-order valence-corrected chi connectivity index (χ1v) is 8.08. The summed E-state index contributed by atoms with van der Waals surface area (Å²) in [6.45, 7) is 10.6. The second-order valence-electron chi connectivity index (χ2n) is 6.17. The number of likely N-dealkylation sites (tertiary alicyclic amines) is 1. The predicted octanol–water partition coefficient (Wildman–Crippen LogP) is 2.10. The molecule has 6 heteroatoms. The molecule has 5 nitrogen and oxygen atoms in total. The lowest BCUT2D eigenvalue weighted by Gasteiger charge is -2.20. The van der Waals surface area contributed by atoms with Gasteiger partial charge in [-0.3, -0.25) is 4.79 Å². The van der Waals surface area contributed by atoms with Gasteiger partial charge >= 0.3 is 0 Å². The van der Waals surface area contributed by atoms with Crippen LogP contribution in [0.2, 0.25) is 0 Å². The minimum atomic E-state index is -0.816. The third-order valence-electron chi connectivity index (χ3n) is 3.53. The lowest BCUT2D eigenvalue weighted by Crippen LogP contribution is -2.34. The Morgan fingerprint density at radius 2 is 2.38 bits per heavy atom. The zero-order valence-corrected chi connectivity index (χ0v) is 13.7. The second kappa shape index (κ2) is 6.15. The molecule has 0 aromatic carbocycles. The molecule has 116 valence electrons. The van der Waals surface area contributed by atoms with E-state index in [1.807, 2.05) is 4.90 Å². The van der Waals surface area contributed by atoms with Crippen LogP contribution in [0.25, 0.3) is 5.70 Å². The first kappa shape index (κ1) is 16.0. The average Bonchev–Trinajstić information content (AvgIpc) is 3.03. The van der Waals surface area contributed by atoms with Crippen molar-refractivity contribution in [3.63, 3.8) is 0 Å². The molecule has 0 unspecified atom stereocenters. The zero-order valence-electron chi connectivity index (χ0n) is 12.8. The summed E-state index contributed by atoms with van der Waals surface area (Å²) in [6, 6.07) is 0.291. The number of aliphatic hydroxyl groups is 1. The quantitative estimate of drug-likeness (QED) is 0.874. The van der Waals surface area contributed by atoms with E-state index in [2.05, 4.69) is 23.8 Å². The summed E-state index contributed by atoms with van der Waals surface area (Å²) in [6.07, 6.45) is 2.12. The predicted molar refractivity (Wildman–Crippen MR) is 85.2 cm³/mol. The average molecular weight is 309 g/mol. The van der Waals surface area contributed by atoms with Gasteiger partial charge in [0.1, 0.15) is 10.7 Å². The van der Waals surface area contributed by atoms with E-state index < -0.39 is 5.60 Å². The molecule has 1 fully saturated rings. The number of carbonyl (C=O) groups excluding carboxylic acids is 1. The second-order valence-corrected chi connectivity index (χ2v) is 7.03. The van der Waals surface area contributed by atoms with Crippen molar-refractivity contribution in [3.8, 4) is 0 Å². The maximum Gasteiger partial charge on any atom is 0.273 e. The number of thiazole rings is 1. The van der Waals surface area contributed by atoms with Gasteiger partial charge in [0.2, 0.25) is 0 Å². The largest absolute Gasteiger partial charge is 0.389 e. The number of hydrogen-bond acceptors (Lipinski definition) is 5.